The van der Waals surface area contributed by atoms with E-state index in [-0.39, 0.29) is 29.3 Å². The largest absolute Gasteiger partial charge is 0.467 e. The SMILES string of the molecule is CC(CC(=O)N(Cc1ccco1)C(C)c1nc2ccccc2c(=O)n1-c1ccc(F)cc1)CC(C)(C)C. The number of carbonyl (C=O) groups excluding carboxylic acids is 1. The van der Waals surface area contributed by atoms with E-state index in [0.29, 0.717) is 34.6 Å². The van der Waals surface area contributed by atoms with Gasteiger partial charge in [-0.1, -0.05) is 39.8 Å². The Morgan fingerprint density at radius 1 is 1.05 bits per heavy atom. The highest BCUT2D eigenvalue weighted by Crippen LogP contribution is 2.30. The molecular weight excluding hydrogens is 469 g/mol. The fourth-order valence-electron chi connectivity index (χ4n) is 4.95. The smallest absolute Gasteiger partial charge is 0.266 e. The summed E-state index contributed by atoms with van der Waals surface area (Å²) in [6.07, 6.45) is 2.83. The number of rotatable bonds is 8. The lowest BCUT2D eigenvalue weighted by Crippen LogP contribution is -2.37. The van der Waals surface area contributed by atoms with Crippen LogP contribution in [0.25, 0.3) is 16.6 Å². The zero-order valence-electron chi connectivity index (χ0n) is 22.1. The van der Waals surface area contributed by atoms with Crippen LogP contribution in [0, 0.1) is 17.2 Å². The molecule has 2 aromatic heterocycles. The predicted molar refractivity (Wildman–Crippen MR) is 143 cm³/mol. The van der Waals surface area contributed by atoms with E-state index in [1.54, 1.807) is 47.6 Å². The summed E-state index contributed by atoms with van der Waals surface area (Å²) in [5.41, 5.74) is 0.850. The van der Waals surface area contributed by atoms with Crippen molar-refractivity contribution >= 4 is 16.8 Å². The second kappa shape index (κ2) is 10.7. The summed E-state index contributed by atoms with van der Waals surface area (Å²) in [7, 11) is 0. The van der Waals surface area contributed by atoms with Crippen LogP contribution in [0.2, 0.25) is 0 Å². The van der Waals surface area contributed by atoms with E-state index in [1.165, 1.54) is 16.7 Å². The summed E-state index contributed by atoms with van der Waals surface area (Å²) >= 11 is 0. The minimum absolute atomic E-state index is 0.0475. The van der Waals surface area contributed by atoms with Crippen LogP contribution >= 0.6 is 0 Å². The Labute approximate surface area is 216 Å². The highest BCUT2D eigenvalue weighted by molar-refractivity contribution is 5.79. The summed E-state index contributed by atoms with van der Waals surface area (Å²) in [6.45, 7) is 10.7. The highest BCUT2D eigenvalue weighted by Gasteiger charge is 2.29. The van der Waals surface area contributed by atoms with Gasteiger partial charge in [0.1, 0.15) is 17.4 Å². The van der Waals surface area contributed by atoms with Gasteiger partial charge in [0.2, 0.25) is 5.91 Å². The van der Waals surface area contributed by atoms with E-state index >= 15 is 0 Å². The summed E-state index contributed by atoms with van der Waals surface area (Å²) in [5.74, 6) is 0.762. The Morgan fingerprint density at radius 3 is 2.41 bits per heavy atom. The molecule has 4 aromatic rings. The number of halogens is 1. The molecular formula is C30H34FN3O3. The summed E-state index contributed by atoms with van der Waals surface area (Å²) in [6, 6.07) is 15.9. The average molecular weight is 504 g/mol. The van der Waals surface area contributed by atoms with E-state index in [1.807, 2.05) is 19.1 Å². The molecule has 1 amide bonds. The van der Waals surface area contributed by atoms with Gasteiger partial charge in [-0.25, -0.2) is 9.37 Å². The maximum atomic E-state index is 13.7. The Bertz CT molecular complexity index is 1420. The second-order valence-corrected chi connectivity index (χ2v) is 11.0. The quantitative estimate of drug-likeness (QED) is 0.269. The van der Waals surface area contributed by atoms with Gasteiger partial charge in [-0.15, -0.1) is 0 Å². The number of amides is 1. The van der Waals surface area contributed by atoms with Gasteiger partial charge in [0, 0.05) is 6.42 Å². The molecule has 0 radical (unpaired) electrons. The third-order valence-electron chi connectivity index (χ3n) is 6.44. The van der Waals surface area contributed by atoms with Crippen LogP contribution in [-0.4, -0.2) is 20.4 Å². The van der Waals surface area contributed by atoms with Crippen molar-refractivity contribution in [3.8, 4) is 5.69 Å². The third-order valence-corrected chi connectivity index (χ3v) is 6.44. The lowest BCUT2D eigenvalue weighted by atomic mass is 9.84. The second-order valence-electron chi connectivity index (χ2n) is 11.0. The van der Waals surface area contributed by atoms with Gasteiger partial charge in [-0.2, -0.15) is 0 Å². The number of fused-ring (bicyclic) bond motifs is 1. The van der Waals surface area contributed by atoms with Crippen molar-refractivity contribution in [3.63, 3.8) is 0 Å². The molecule has 2 unspecified atom stereocenters. The summed E-state index contributed by atoms with van der Waals surface area (Å²) in [4.78, 5) is 34.0. The van der Waals surface area contributed by atoms with Crippen molar-refractivity contribution in [1.82, 2.24) is 14.5 Å². The zero-order chi connectivity index (χ0) is 26.7. The predicted octanol–water partition coefficient (Wildman–Crippen LogP) is 6.67. The van der Waals surface area contributed by atoms with Gasteiger partial charge < -0.3 is 9.32 Å². The van der Waals surface area contributed by atoms with Gasteiger partial charge in [0.25, 0.3) is 5.56 Å². The molecule has 6 nitrogen and oxygen atoms in total. The lowest BCUT2D eigenvalue weighted by molar-refractivity contribution is -0.135. The monoisotopic (exact) mass is 503 g/mol. The Balaban J connectivity index is 1.81. The number of furan rings is 1. The van der Waals surface area contributed by atoms with Gasteiger partial charge in [-0.05, 0) is 73.2 Å². The Hall–Kier alpha value is -3.74. The molecule has 194 valence electrons. The first kappa shape index (κ1) is 26.3. The molecule has 0 bridgehead atoms. The zero-order valence-corrected chi connectivity index (χ0v) is 22.1. The van der Waals surface area contributed by atoms with Crippen LogP contribution in [0.3, 0.4) is 0 Å². The molecule has 0 aliphatic rings. The molecule has 2 heterocycles. The van der Waals surface area contributed by atoms with E-state index in [0.717, 1.165) is 6.42 Å². The van der Waals surface area contributed by atoms with Crippen LogP contribution in [0.1, 0.15) is 65.1 Å². The van der Waals surface area contributed by atoms with Crippen molar-refractivity contribution in [2.24, 2.45) is 11.3 Å². The number of nitrogens with zero attached hydrogens (tertiary/aromatic N) is 3. The number of carbonyl (C=O) groups is 1. The Morgan fingerprint density at radius 2 is 1.76 bits per heavy atom. The molecule has 0 saturated heterocycles. The van der Waals surface area contributed by atoms with Crippen LogP contribution in [0.5, 0.6) is 0 Å². The molecule has 2 atom stereocenters. The fourth-order valence-corrected chi connectivity index (χ4v) is 4.95. The normalized spacial score (nSPS) is 13.5. The van der Waals surface area contributed by atoms with Crippen molar-refractivity contribution in [1.29, 1.82) is 0 Å². The fraction of sp³-hybridized carbons (Fsp3) is 0.367. The average Bonchev–Trinajstić information content (AvgIpc) is 3.35. The maximum Gasteiger partial charge on any atom is 0.266 e. The molecule has 7 heteroatoms. The molecule has 4 rings (SSSR count). The molecule has 2 aromatic carbocycles. The first-order valence-corrected chi connectivity index (χ1v) is 12.6. The van der Waals surface area contributed by atoms with Crippen molar-refractivity contribution in [2.75, 3.05) is 0 Å². The molecule has 0 saturated carbocycles. The van der Waals surface area contributed by atoms with Gasteiger partial charge in [0.05, 0.1) is 35.4 Å². The van der Waals surface area contributed by atoms with Gasteiger partial charge in [0.15, 0.2) is 0 Å². The molecule has 0 fully saturated rings. The minimum Gasteiger partial charge on any atom is -0.467 e. The molecule has 0 spiro atoms. The number of para-hydroxylation sites is 1. The standard InChI is InChI=1S/C30H34FN3O3/c1-20(18-30(3,4)5)17-27(35)33(19-24-9-8-16-37-24)21(2)28-32-26-11-7-6-10-25(26)29(36)34(28)23-14-12-22(31)13-15-23/h6-16,20-21H,17-19H2,1-5H3. The lowest BCUT2D eigenvalue weighted by Gasteiger charge is -2.31. The first-order valence-electron chi connectivity index (χ1n) is 12.6. The van der Waals surface area contributed by atoms with Gasteiger partial charge >= 0.3 is 0 Å². The first-order chi connectivity index (χ1) is 17.5. The summed E-state index contributed by atoms with van der Waals surface area (Å²) < 4.78 is 20.8. The molecule has 37 heavy (non-hydrogen) atoms. The minimum atomic E-state index is -0.568. The third kappa shape index (κ3) is 6.16. The Kier molecular flexibility index (Phi) is 7.62. The van der Waals surface area contributed by atoms with Crippen LogP contribution in [0.4, 0.5) is 4.39 Å². The van der Waals surface area contributed by atoms with Crippen molar-refractivity contribution < 1.29 is 13.6 Å². The molecule has 0 aliphatic heterocycles. The number of hydrogen-bond donors (Lipinski definition) is 0. The maximum absolute atomic E-state index is 13.7. The summed E-state index contributed by atoms with van der Waals surface area (Å²) in [5, 5.41) is 0.450. The van der Waals surface area contributed by atoms with Crippen LogP contribution < -0.4 is 5.56 Å². The van der Waals surface area contributed by atoms with Crippen LogP contribution in [0.15, 0.2) is 76.1 Å². The topological polar surface area (TPSA) is 68.3 Å². The van der Waals surface area contributed by atoms with Crippen LogP contribution in [-0.2, 0) is 11.3 Å². The number of aromatic nitrogens is 2. The highest BCUT2D eigenvalue weighted by atomic mass is 19.1. The van der Waals surface area contributed by atoms with Gasteiger partial charge in [-0.3, -0.25) is 14.2 Å². The number of benzene rings is 2. The van der Waals surface area contributed by atoms with E-state index < -0.39 is 11.9 Å². The van der Waals surface area contributed by atoms with Crippen molar-refractivity contribution in [3.05, 3.63) is 94.7 Å². The van der Waals surface area contributed by atoms with Crippen molar-refractivity contribution in [2.45, 2.75) is 60.0 Å². The van der Waals surface area contributed by atoms with E-state index in [9.17, 15) is 14.0 Å². The number of hydrogen-bond acceptors (Lipinski definition) is 4. The molecule has 0 N–H and O–H groups in total. The van der Waals surface area contributed by atoms with E-state index in [4.69, 9.17) is 9.40 Å². The molecule has 0 aliphatic carbocycles. The van der Waals surface area contributed by atoms with E-state index in [2.05, 4.69) is 27.7 Å².